The van der Waals surface area contributed by atoms with Crippen LogP contribution in [0.25, 0.3) is 0 Å². The van der Waals surface area contributed by atoms with Crippen LogP contribution in [0.4, 0.5) is 0 Å². The number of carbonyl (C=O) groups excluding carboxylic acids is 2. The second-order valence-corrected chi connectivity index (χ2v) is 4.69. The van der Waals surface area contributed by atoms with Crippen LogP contribution in [0.2, 0.25) is 0 Å². The number of hydrogen-bond acceptors (Lipinski definition) is 6. The molecule has 6 nitrogen and oxygen atoms in total. The minimum absolute atomic E-state index is 0.213. The molecule has 0 unspecified atom stereocenters. The first kappa shape index (κ1) is 16.7. The van der Waals surface area contributed by atoms with E-state index < -0.39 is 5.97 Å². The molecule has 0 saturated carbocycles. The molecule has 0 bridgehead atoms. The van der Waals surface area contributed by atoms with Crippen molar-refractivity contribution < 1.29 is 23.8 Å². The van der Waals surface area contributed by atoms with E-state index in [4.69, 9.17) is 14.2 Å². The summed E-state index contributed by atoms with van der Waals surface area (Å²) in [6, 6.07) is 0. The van der Waals surface area contributed by atoms with Crippen LogP contribution in [-0.2, 0) is 23.8 Å². The molecule has 1 fully saturated rings. The predicted molar refractivity (Wildman–Crippen MR) is 73.2 cm³/mol. The monoisotopic (exact) mass is 285 g/mol. The molecule has 114 valence electrons. The minimum atomic E-state index is -0.425. The summed E-state index contributed by atoms with van der Waals surface area (Å²) in [7, 11) is 0. The van der Waals surface area contributed by atoms with E-state index >= 15 is 0 Å². The molecule has 1 aliphatic rings. The summed E-state index contributed by atoms with van der Waals surface area (Å²) in [5, 5.41) is 0. The maximum absolute atomic E-state index is 11.4. The van der Waals surface area contributed by atoms with Gasteiger partial charge in [0.25, 0.3) is 0 Å². The molecule has 1 saturated heterocycles. The van der Waals surface area contributed by atoms with Gasteiger partial charge in [0.2, 0.25) is 0 Å². The zero-order valence-corrected chi connectivity index (χ0v) is 12.1. The highest BCUT2D eigenvalue weighted by Crippen LogP contribution is 1.99. The quantitative estimate of drug-likeness (QED) is 0.373. The fraction of sp³-hybridized carbons (Fsp3) is 0.714. The third-order valence-electron chi connectivity index (χ3n) is 2.88. The lowest BCUT2D eigenvalue weighted by Crippen LogP contribution is -2.38. The third-order valence-corrected chi connectivity index (χ3v) is 2.88. The van der Waals surface area contributed by atoms with Gasteiger partial charge >= 0.3 is 11.9 Å². The van der Waals surface area contributed by atoms with Crippen LogP contribution in [-0.4, -0.2) is 62.9 Å². The summed E-state index contributed by atoms with van der Waals surface area (Å²) in [5.74, 6) is -0.685. The zero-order valence-electron chi connectivity index (χ0n) is 12.1. The van der Waals surface area contributed by atoms with Crippen LogP contribution >= 0.6 is 0 Å². The Hall–Kier alpha value is -1.40. The van der Waals surface area contributed by atoms with Crippen molar-refractivity contribution in [2.24, 2.45) is 0 Å². The first-order valence-corrected chi connectivity index (χ1v) is 6.88. The number of carbonyl (C=O) groups is 2. The van der Waals surface area contributed by atoms with Crippen molar-refractivity contribution in [3.63, 3.8) is 0 Å². The van der Waals surface area contributed by atoms with Crippen molar-refractivity contribution in [3.8, 4) is 0 Å². The fourth-order valence-electron chi connectivity index (χ4n) is 1.69. The van der Waals surface area contributed by atoms with Crippen molar-refractivity contribution in [1.29, 1.82) is 0 Å². The average molecular weight is 285 g/mol. The second kappa shape index (κ2) is 9.50. The molecule has 0 radical (unpaired) electrons. The number of ether oxygens (including phenoxy) is 3. The van der Waals surface area contributed by atoms with Gasteiger partial charge in [0.1, 0.15) is 6.61 Å². The summed E-state index contributed by atoms with van der Waals surface area (Å²) in [6.45, 7) is 9.64. The smallest absolute Gasteiger partial charge is 0.333 e. The van der Waals surface area contributed by atoms with Gasteiger partial charge in [0.15, 0.2) is 0 Å². The molecule has 0 amide bonds. The molecule has 1 aliphatic heterocycles. The van der Waals surface area contributed by atoms with E-state index in [0.717, 1.165) is 32.8 Å². The Labute approximate surface area is 119 Å². The molecule has 0 aliphatic carbocycles. The Balaban J connectivity index is 1.97. The summed E-state index contributed by atoms with van der Waals surface area (Å²) >= 11 is 0. The van der Waals surface area contributed by atoms with Gasteiger partial charge < -0.3 is 14.2 Å². The molecular weight excluding hydrogens is 262 g/mol. The first-order valence-electron chi connectivity index (χ1n) is 6.88. The highest BCUT2D eigenvalue weighted by Gasteiger charge is 2.11. The molecular formula is C14H23NO5. The van der Waals surface area contributed by atoms with Gasteiger partial charge in [-0.3, -0.25) is 9.69 Å². The summed E-state index contributed by atoms with van der Waals surface area (Å²) in [6.07, 6.45) is 0.724. The van der Waals surface area contributed by atoms with Crippen LogP contribution < -0.4 is 0 Å². The topological polar surface area (TPSA) is 65.1 Å². The molecule has 6 heteroatoms. The summed E-state index contributed by atoms with van der Waals surface area (Å²) in [4.78, 5) is 24.7. The largest absolute Gasteiger partial charge is 0.464 e. The fourth-order valence-corrected chi connectivity index (χ4v) is 1.69. The van der Waals surface area contributed by atoms with Crippen molar-refractivity contribution in [2.45, 2.75) is 19.8 Å². The van der Waals surface area contributed by atoms with Gasteiger partial charge in [-0.2, -0.15) is 0 Å². The molecule has 1 rings (SSSR count). The van der Waals surface area contributed by atoms with Crippen molar-refractivity contribution in [2.75, 3.05) is 46.1 Å². The molecule has 20 heavy (non-hydrogen) atoms. The number of nitrogens with zero attached hydrogens (tertiary/aromatic N) is 1. The second-order valence-electron chi connectivity index (χ2n) is 4.69. The standard InChI is InChI=1S/C14H23NO5/c1-12(2)14(17)20-8-3-4-13(16)19-11-7-15-5-9-18-10-6-15/h1,3-11H2,2H3. The minimum Gasteiger partial charge on any atom is -0.464 e. The van der Waals surface area contributed by atoms with Gasteiger partial charge in [-0.1, -0.05) is 6.58 Å². The number of hydrogen-bond donors (Lipinski definition) is 0. The maximum atomic E-state index is 11.4. The molecule has 0 aromatic carbocycles. The van der Waals surface area contributed by atoms with E-state index in [-0.39, 0.29) is 19.0 Å². The Morgan fingerprint density at radius 1 is 1.20 bits per heavy atom. The molecule has 0 atom stereocenters. The number of esters is 2. The highest BCUT2D eigenvalue weighted by molar-refractivity contribution is 5.86. The van der Waals surface area contributed by atoms with Gasteiger partial charge in [0.05, 0.1) is 19.8 Å². The summed E-state index contributed by atoms with van der Waals surface area (Å²) < 4.78 is 15.2. The van der Waals surface area contributed by atoms with Crippen LogP contribution in [0.1, 0.15) is 19.8 Å². The predicted octanol–water partition coefficient (Wildman–Crippen LogP) is 0.761. The zero-order chi connectivity index (χ0) is 14.8. The van der Waals surface area contributed by atoms with Crippen LogP contribution in [0.15, 0.2) is 12.2 Å². The maximum Gasteiger partial charge on any atom is 0.333 e. The van der Waals surface area contributed by atoms with E-state index in [9.17, 15) is 9.59 Å². The van der Waals surface area contributed by atoms with E-state index in [1.165, 1.54) is 0 Å². The number of rotatable bonds is 8. The van der Waals surface area contributed by atoms with E-state index in [1.54, 1.807) is 6.92 Å². The molecule has 0 spiro atoms. The Bertz CT molecular complexity index is 336. The van der Waals surface area contributed by atoms with Crippen molar-refractivity contribution >= 4 is 11.9 Å². The van der Waals surface area contributed by atoms with Crippen molar-refractivity contribution in [3.05, 3.63) is 12.2 Å². The van der Waals surface area contributed by atoms with Gasteiger partial charge in [-0.05, 0) is 13.3 Å². The van der Waals surface area contributed by atoms with Gasteiger partial charge in [-0.15, -0.1) is 0 Å². The Morgan fingerprint density at radius 2 is 1.90 bits per heavy atom. The van der Waals surface area contributed by atoms with Gasteiger partial charge in [0, 0.05) is 31.6 Å². The van der Waals surface area contributed by atoms with Crippen LogP contribution in [0, 0.1) is 0 Å². The van der Waals surface area contributed by atoms with E-state index in [2.05, 4.69) is 11.5 Å². The third kappa shape index (κ3) is 7.25. The number of morpholine rings is 1. The first-order chi connectivity index (χ1) is 9.59. The van der Waals surface area contributed by atoms with E-state index in [1.807, 2.05) is 0 Å². The van der Waals surface area contributed by atoms with Crippen molar-refractivity contribution in [1.82, 2.24) is 4.90 Å². The molecule has 0 N–H and O–H groups in total. The Morgan fingerprint density at radius 3 is 2.55 bits per heavy atom. The molecule has 0 aromatic heterocycles. The molecule has 0 aromatic rings. The van der Waals surface area contributed by atoms with E-state index in [0.29, 0.717) is 18.6 Å². The lowest BCUT2D eigenvalue weighted by Gasteiger charge is -2.26. The average Bonchev–Trinajstić information content (AvgIpc) is 2.44. The van der Waals surface area contributed by atoms with Gasteiger partial charge in [-0.25, -0.2) is 4.79 Å². The highest BCUT2D eigenvalue weighted by atomic mass is 16.5. The summed E-state index contributed by atoms with van der Waals surface area (Å²) in [5.41, 5.74) is 0.359. The normalized spacial score (nSPS) is 15.7. The SMILES string of the molecule is C=C(C)C(=O)OCCCC(=O)OCCN1CCOCC1. The lowest BCUT2D eigenvalue weighted by molar-refractivity contribution is -0.146. The molecule has 1 heterocycles. The van der Waals surface area contributed by atoms with Crippen LogP contribution in [0.3, 0.4) is 0 Å². The Kier molecular flexibility index (Phi) is 7.91. The van der Waals surface area contributed by atoms with Crippen LogP contribution in [0.5, 0.6) is 0 Å². The lowest BCUT2D eigenvalue weighted by atomic mass is 10.3.